The third-order valence-corrected chi connectivity index (χ3v) is 3.84. The van der Waals surface area contributed by atoms with E-state index >= 15 is 0 Å². The van der Waals surface area contributed by atoms with Gasteiger partial charge in [-0.25, -0.2) is 4.39 Å². The fourth-order valence-corrected chi connectivity index (χ4v) is 2.64. The van der Waals surface area contributed by atoms with Gasteiger partial charge in [-0.2, -0.15) is 5.26 Å². The molecule has 0 aliphatic carbocycles. The number of benzene rings is 1. The number of hydrogen-bond acceptors (Lipinski definition) is 3. The van der Waals surface area contributed by atoms with Crippen LogP contribution < -0.4 is 0 Å². The highest BCUT2D eigenvalue weighted by molar-refractivity contribution is 5.30. The third-order valence-electron chi connectivity index (χ3n) is 3.84. The lowest BCUT2D eigenvalue weighted by atomic mass is 9.67. The molecule has 4 heteroatoms. The molecule has 18 heavy (non-hydrogen) atoms. The van der Waals surface area contributed by atoms with E-state index in [1.165, 1.54) is 12.1 Å². The Kier molecular flexibility index (Phi) is 3.38. The van der Waals surface area contributed by atoms with E-state index in [0.29, 0.717) is 25.0 Å². The molecule has 1 aliphatic rings. The maximum Gasteiger partial charge on any atom is 0.123 e. The number of rotatable bonds is 3. The Morgan fingerprint density at radius 3 is 2.89 bits per heavy atom. The van der Waals surface area contributed by atoms with Gasteiger partial charge in [-0.1, -0.05) is 19.1 Å². The molecule has 1 aromatic rings. The largest absolute Gasteiger partial charge is 0.383 e. The summed E-state index contributed by atoms with van der Waals surface area (Å²) in [4.78, 5) is 0. The minimum atomic E-state index is -1.37. The van der Waals surface area contributed by atoms with E-state index in [9.17, 15) is 14.8 Å². The van der Waals surface area contributed by atoms with Crippen LogP contribution in [-0.2, 0) is 10.3 Å². The summed E-state index contributed by atoms with van der Waals surface area (Å²) in [6.07, 6.45) is 0.803. The molecule has 0 aromatic heterocycles. The van der Waals surface area contributed by atoms with Gasteiger partial charge >= 0.3 is 0 Å². The van der Waals surface area contributed by atoms with Gasteiger partial charge in [0.25, 0.3) is 0 Å². The average molecular weight is 249 g/mol. The van der Waals surface area contributed by atoms with Crippen molar-refractivity contribution in [3.05, 3.63) is 35.6 Å². The number of halogens is 1. The summed E-state index contributed by atoms with van der Waals surface area (Å²) in [6.45, 7) is 2.43. The van der Waals surface area contributed by atoms with Crippen molar-refractivity contribution in [1.29, 1.82) is 5.26 Å². The molecule has 0 radical (unpaired) electrons. The highest BCUT2D eigenvalue weighted by Crippen LogP contribution is 2.47. The molecule has 1 aromatic carbocycles. The summed E-state index contributed by atoms with van der Waals surface area (Å²) in [5, 5.41) is 20.3. The number of ether oxygens (including phenoxy) is 1. The van der Waals surface area contributed by atoms with E-state index < -0.39 is 16.8 Å². The lowest BCUT2D eigenvalue weighted by Gasteiger charge is -2.39. The van der Waals surface area contributed by atoms with Crippen molar-refractivity contribution in [3.8, 4) is 6.07 Å². The highest BCUT2D eigenvalue weighted by atomic mass is 19.1. The van der Waals surface area contributed by atoms with Crippen LogP contribution in [0.2, 0.25) is 0 Å². The minimum Gasteiger partial charge on any atom is -0.383 e. The molecule has 2 atom stereocenters. The van der Waals surface area contributed by atoms with Crippen LogP contribution in [0.15, 0.2) is 24.3 Å². The minimum absolute atomic E-state index is 0.185. The van der Waals surface area contributed by atoms with Crippen LogP contribution in [0.3, 0.4) is 0 Å². The topological polar surface area (TPSA) is 53.2 Å². The van der Waals surface area contributed by atoms with E-state index in [2.05, 4.69) is 6.07 Å². The predicted octanol–water partition coefficient (Wildman–Crippen LogP) is 2.35. The Bertz CT molecular complexity index is 477. The molecule has 96 valence electrons. The van der Waals surface area contributed by atoms with Crippen LogP contribution in [0.1, 0.15) is 25.3 Å². The summed E-state index contributed by atoms with van der Waals surface area (Å²) in [7, 11) is 0. The van der Waals surface area contributed by atoms with E-state index in [-0.39, 0.29) is 6.61 Å². The second-order valence-electron chi connectivity index (χ2n) is 4.72. The van der Waals surface area contributed by atoms with Crippen molar-refractivity contribution in [3.63, 3.8) is 0 Å². The zero-order valence-electron chi connectivity index (χ0n) is 10.3. The molecule has 2 unspecified atom stereocenters. The second kappa shape index (κ2) is 4.68. The number of aliphatic hydroxyl groups is 1. The molecule has 1 aliphatic heterocycles. The molecule has 0 saturated carbocycles. The van der Waals surface area contributed by atoms with Crippen LogP contribution in [-0.4, -0.2) is 18.3 Å². The van der Waals surface area contributed by atoms with Crippen LogP contribution in [0.5, 0.6) is 0 Å². The summed E-state index contributed by atoms with van der Waals surface area (Å²) < 4.78 is 18.6. The van der Waals surface area contributed by atoms with Crippen molar-refractivity contribution in [1.82, 2.24) is 0 Å². The zero-order chi connectivity index (χ0) is 13.2. The predicted molar refractivity (Wildman–Crippen MR) is 64.1 cm³/mol. The van der Waals surface area contributed by atoms with Gasteiger partial charge in [-0.15, -0.1) is 0 Å². The molecule has 0 bridgehead atoms. The summed E-state index contributed by atoms with van der Waals surface area (Å²) in [6, 6.07) is 8.01. The zero-order valence-corrected chi connectivity index (χ0v) is 10.3. The lowest BCUT2D eigenvalue weighted by Crippen LogP contribution is -2.45. The van der Waals surface area contributed by atoms with Gasteiger partial charge in [0.05, 0.1) is 12.7 Å². The first-order valence-electron chi connectivity index (χ1n) is 6.05. The van der Waals surface area contributed by atoms with E-state index in [4.69, 9.17) is 4.74 Å². The Balaban J connectivity index is 2.51. The smallest absolute Gasteiger partial charge is 0.123 e. The van der Waals surface area contributed by atoms with Gasteiger partial charge in [0, 0.05) is 6.61 Å². The number of nitrogens with zero attached hydrogens (tertiary/aromatic N) is 1. The number of hydrogen-bond donors (Lipinski definition) is 1. The van der Waals surface area contributed by atoms with Crippen LogP contribution in [0, 0.1) is 22.6 Å². The van der Waals surface area contributed by atoms with Crippen LogP contribution in [0.25, 0.3) is 0 Å². The molecular weight excluding hydrogens is 233 g/mol. The lowest BCUT2D eigenvalue weighted by molar-refractivity contribution is -0.0677. The van der Waals surface area contributed by atoms with E-state index in [1.807, 2.05) is 0 Å². The van der Waals surface area contributed by atoms with Crippen molar-refractivity contribution in [2.75, 3.05) is 13.2 Å². The molecule has 0 amide bonds. The first-order chi connectivity index (χ1) is 8.58. The van der Waals surface area contributed by atoms with Gasteiger partial charge in [-0.3, -0.25) is 0 Å². The molecular formula is C14H16FNO2. The summed E-state index contributed by atoms with van der Waals surface area (Å²) >= 11 is 0. The second-order valence-corrected chi connectivity index (χ2v) is 4.72. The summed E-state index contributed by atoms with van der Waals surface area (Å²) in [5.74, 6) is -0.411. The summed E-state index contributed by atoms with van der Waals surface area (Å²) in [5.41, 5.74) is -1.92. The fraction of sp³-hybridized carbons (Fsp3) is 0.500. The fourth-order valence-electron chi connectivity index (χ4n) is 2.64. The van der Waals surface area contributed by atoms with Crippen LogP contribution >= 0.6 is 0 Å². The van der Waals surface area contributed by atoms with Gasteiger partial charge in [-0.05, 0) is 30.5 Å². The molecule has 1 saturated heterocycles. The first kappa shape index (κ1) is 13.0. The maximum atomic E-state index is 13.3. The standard InChI is InChI=1S/C14H16FNO2/c1-2-14(17,11-4-3-5-12(15)8-11)13(9-16)6-7-18-10-13/h3-5,8,17H,2,6-7,10H2,1H3. The third kappa shape index (κ3) is 1.80. The van der Waals surface area contributed by atoms with Crippen molar-refractivity contribution < 1.29 is 14.2 Å². The monoisotopic (exact) mass is 249 g/mol. The molecule has 1 N–H and O–H groups in total. The van der Waals surface area contributed by atoms with Crippen molar-refractivity contribution in [2.24, 2.45) is 5.41 Å². The Morgan fingerprint density at radius 1 is 1.61 bits per heavy atom. The van der Waals surface area contributed by atoms with Gasteiger partial charge < -0.3 is 9.84 Å². The molecule has 1 heterocycles. The van der Waals surface area contributed by atoms with Gasteiger partial charge in [0.2, 0.25) is 0 Å². The average Bonchev–Trinajstić information content (AvgIpc) is 2.88. The molecule has 0 spiro atoms. The molecule has 1 fully saturated rings. The van der Waals surface area contributed by atoms with E-state index in [0.717, 1.165) is 0 Å². The van der Waals surface area contributed by atoms with E-state index in [1.54, 1.807) is 19.1 Å². The maximum absolute atomic E-state index is 13.3. The van der Waals surface area contributed by atoms with Gasteiger partial charge in [0.15, 0.2) is 0 Å². The SMILES string of the molecule is CCC(O)(c1cccc(F)c1)C1(C#N)CCOC1. The Hall–Kier alpha value is -1.44. The van der Waals surface area contributed by atoms with Crippen LogP contribution in [0.4, 0.5) is 4.39 Å². The highest BCUT2D eigenvalue weighted by Gasteiger charge is 2.53. The van der Waals surface area contributed by atoms with Crippen molar-refractivity contribution in [2.45, 2.75) is 25.4 Å². The first-order valence-corrected chi connectivity index (χ1v) is 6.05. The quantitative estimate of drug-likeness (QED) is 0.894. The molecule has 2 rings (SSSR count). The van der Waals surface area contributed by atoms with Gasteiger partial charge in [0.1, 0.15) is 16.8 Å². The Morgan fingerprint density at radius 2 is 2.39 bits per heavy atom. The normalized spacial score (nSPS) is 26.6. The molecule has 3 nitrogen and oxygen atoms in total. The number of nitriles is 1. The Labute approximate surface area is 106 Å². The van der Waals surface area contributed by atoms with Crippen molar-refractivity contribution >= 4 is 0 Å².